The van der Waals surface area contributed by atoms with Crippen molar-refractivity contribution < 1.29 is 9.21 Å². The Kier molecular flexibility index (Phi) is 3.38. The molecule has 0 radical (unpaired) electrons. The molecule has 0 aliphatic carbocycles. The Labute approximate surface area is 106 Å². The summed E-state index contributed by atoms with van der Waals surface area (Å²) < 4.78 is 5.55. The standard InChI is InChI=1S/C15H15NO2/c1-4-8-16(5-2)15(17)14-10-12-9-11(3)6-7-13(12)18-14/h1,6-7,9-10H,5,8H2,2-3H3. The van der Waals surface area contributed by atoms with Crippen molar-refractivity contribution in [3.8, 4) is 12.3 Å². The number of aryl methyl sites for hydroxylation is 1. The number of hydrogen-bond donors (Lipinski definition) is 0. The third kappa shape index (κ3) is 2.23. The lowest BCUT2D eigenvalue weighted by Crippen LogP contribution is -2.30. The van der Waals surface area contributed by atoms with E-state index in [0.717, 1.165) is 16.5 Å². The number of nitrogens with zero attached hydrogens (tertiary/aromatic N) is 1. The third-order valence-corrected chi connectivity index (χ3v) is 2.83. The van der Waals surface area contributed by atoms with Crippen molar-refractivity contribution in [1.29, 1.82) is 0 Å². The van der Waals surface area contributed by atoms with Crippen LogP contribution in [0.1, 0.15) is 23.0 Å². The lowest BCUT2D eigenvalue weighted by atomic mass is 10.2. The SMILES string of the molecule is C#CCN(CC)C(=O)c1cc2cc(C)ccc2o1. The molecule has 0 aliphatic heterocycles. The van der Waals surface area contributed by atoms with E-state index < -0.39 is 0 Å². The number of terminal acetylenes is 1. The highest BCUT2D eigenvalue weighted by molar-refractivity contribution is 5.96. The molecule has 0 aliphatic rings. The van der Waals surface area contributed by atoms with E-state index in [-0.39, 0.29) is 5.91 Å². The Morgan fingerprint density at radius 2 is 2.22 bits per heavy atom. The Morgan fingerprint density at radius 1 is 1.44 bits per heavy atom. The topological polar surface area (TPSA) is 33.5 Å². The first kappa shape index (κ1) is 12.3. The quantitative estimate of drug-likeness (QED) is 0.774. The molecule has 18 heavy (non-hydrogen) atoms. The number of carbonyl (C=O) groups is 1. The summed E-state index contributed by atoms with van der Waals surface area (Å²) in [5, 5.41) is 0.940. The van der Waals surface area contributed by atoms with Crippen LogP contribution < -0.4 is 0 Å². The molecular weight excluding hydrogens is 226 g/mol. The van der Waals surface area contributed by atoms with E-state index in [2.05, 4.69) is 5.92 Å². The van der Waals surface area contributed by atoms with E-state index >= 15 is 0 Å². The first-order valence-corrected chi connectivity index (χ1v) is 5.88. The predicted octanol–water partition coefficient (Wildman–Crippen LogP) is 2.84. The highest BCUT2D eigenvalue weighted by atomic mass is 16.3. The van der Waals surface area contributed by atoms with Gasteiger partial charge in [0.2, 0.25) is 0 Å². The van der Waals surface area contributed by atoms with E-state index in [1.54, 1.807) is 11.0 Å². The highest BCUT2D eigenvalue weighted by Gasteiger charge is 2.17. The minimum Gasteiger partial charge on any atom is -0.451 e. The molecule has 0 spiro atoms. The summed E-state index contributed by atoms with van der Waals surface area (Å²) in [5.74, 6) is 2.65. The maximum Gasteiger partial charge on any atom is 0.290 e. The highest BCUT2D eigenvalue weighted by Crippen LogP contribution is 2.21. The van der Waals surface area contributed by atoms with Gasteiger partial charge in [0.1, 0.15) is 5.58 Å². The fraction of sp³-hybridized carbons (Fsp3) is 0.267. The van der Waals surface area contributed by atoms with Crippen LogP contribution in [0, 0.1) is 19.3 Å². The van der Waals surface area contributed by atoms with Gasteiger partial charge in [-0.05, 0) is 32.0 Å². The molecule has 0 fully saturated rings. The zero-order valence-corrected chi connectivity index (χ0v) is 10.6. The van der Waals surface area contributed by atoms with E-state index in [1.807, 2.05) is 32.0 Å². The normalized spacial score (nSPS) is 10.3. The number of amides is 1. The van der Waals surface area contributed by atoms with Crippen molar-refractivity contribution in [2.24, 2.45) is 0 Å². The minimum absolute atomic E-state index is 0.163. The predicted molar refractivity (Wildman–Crippen MR) is 71.4 cm³/mol. The van der Waals surface area contributed by atoms with Gasteiger partial charge in [-0.15, -0.1) is 6.42 Å². The van der Waals surface area contributed by atoms with Gasteiger partial charge in [-0.25, -0.2) is 0 Å². The van der Waals surface area contributed by atoms with Gasteiger partial charge in [0.15, 0.2) is 5.76 Å². The first-order chi connectivity index (χ1) is 8.65. The van der Waals surface area contributed by atoms with Crippen LogP contribution in [0.2, 0.25) is 0 Å². The summed E-state index contributed by atoms with van der Waals surface area (Å²) in [6, 6.07) is 7.59. The number of benzene rings is 1. The molecule has 3 nitrogen and oxygen atoms in total. The van der Waals surface area contributed by atoms with Crippen molar-refractivity contribution in [2.45, 2.75) is 13.8 Å². The molecular formula is C15H15NO2. The van der Waals surface area contributed by atoms with Crippen molar-refractivity contribution in [1.82, 2.24) is 4.90 Å². The molecule has 0 saturated heterocycles. The van der Waals surface area contributed by atoms with Crippen LogP contribution in [0.15, 0.2) is 28.7 Å². The van der Waals surface area contributed by atoms with Crippen molar-refractivity contribution in [2.75, 3.05) is 13.1 Å². The number of rotatable bonds is 3. The molecule has 1 amide bonds. The smallest absolute Gasteiger partial charge is 0.290 e. The Hall–Kier alpha value is -2.21. The van der Waals surface area contributed by atoms with Crippen LogP contribution in [0.25, 0.3) is 11.0 Å². The Bertz CT molecular complexity index is 619. The van der Waals surface area contributed by atoms with Gasteiger partial charge in [-0.2, -0.15) is 0 Å². The number of fused-ring (bicyclic) bond motifs is 1. The monoisotopic (exact) mass is 241 g/mol. The van der Waals surface area contributed by atoms with Crippen LogP contribution in [-0.4, -0.2) is 23.9 Å². The number of carbonyl (C=O) groups excluding carboxylic acids is 1. The third-order valence-electron chi connectivity index (χ3n) is 2.83. The number of hydrogen-bond acceptors (Lipinski definition) is 2. The summed E-state index contributed by atoms with van der Waals surface area (Å²) in [5.41, 5.74) is 1.86. The summed E-state index contributed by atoms with van der Waals surface area (Å²) >= 11 is 0. The maximum atomic E-state index is 12.2. The Morgan fingerprint density at radius 3 is 2.89 bits per heavy atom. The molecule has 2 aromatic rings. The van der Waals surface area contributed by atoms with Gasteiger partial charge < -0.3 is 9.32 Å². The molecule has 2 rings (SSSR count). The van der Waals surface area contributed by atoms with E-state index in [9.17, 15) is 4.79 Å². The molecule has 0 bridgehead atoms. The van der Waals surface area contributed by atoms with Gasteiger partial charge in [-0.3, -0.25) is 4.79 Å². The van der Waals surface area contributed by atoms with E-state index in [0.29, 0.717) is 18.8 Å². The minimum atomic E-state index is -0.163. The van der Waals surface area contributed by atoms with E-state index in [1.165, 1.54) is 0 Å². The van der Waals surface area contributed by atoms with Gasteiger partial charge >= 0.3 is 0 Å². The van der Waals surface area contributed by atoms with Crippen molar-refractivity contribution in [3.05, 3.63) is 35.6 Å². The molecule has 1 aromatic carbocycles. The average Bonchev–Trinajstić information content (AvgIpc) is 2.77. The second kappa shape index (κ2) is 4.97. The molecule has 0 atom stereocenters. The van der Waals surface area contributed by atoms with Crippen molar-refractivity contribution >= 4 is 16.9 Å². The molecule has 1 aromatic heterocycles. The van der Waals surface area contributed by atoms with E-state index in [4.69, 9.17) is 10.8 Å². The van der Waals surface area contributed by atoms with Crippen LogP contribution >= 0.6 is 0 Å². The fourth-order valence-corrected chi connectivity index (χ4v) is 1.86. The van der Waals surface area contributed by atoms with Gasteiger partial charge in [0, 0.05) is 11.9 Å². The lowest BCUT2D eigenvalue weighted by molar-refractivity contribution is 0.0755. The second-order valence-electron chi connectivity index (χ2n) is 4.18. The largest absolute Gasteiger partial charge is 0.451 e. The summed E-state index contributed by atoms with van der Waals surface area (Å²) in [6.07, 6.45) is 5.24. The van der Waals surface area contributed by atoms with Gasteiger partial charge in [-0.1, -0.05) is 17.6 Å². The average molecular weight is 241 g/mol. The lowest BCUT2D eigenvalue weighted by Gasteiger charge is -2.15. The van der Waals surface area contributed by atoms with Gasteiger partial charge in [0.05, 0.1) is 6.54 Å². The van der Waals surface area contributed by atoms with Crippen LogP contribution in [0.3, 0.4) is 0 Å². The maximum absolute atomic E-state index is 12.2. The second-order valence-corrected chi connectivity index (χ2v) is 4.18. The first-order valence-electron chi connectivity index (χ1n) is 5.88. The summed E-state index contributed by atoms with van der Waals surface area (Å²) in [7, 11) is 0. The summed E-state index contributed by atoms with van der Waals surface area (Å²) in [6.45, 7) is 4.76. The summed E-state index contributed by atoms with van der Waals surface area (Å²) in [4.78, 5) is 13.7. The van der Waals surface area contributed by atoms with Crippen LogP contribution in [-0.2, 0) is 0 Å². The zero-order chi connectivity index (χ0) is 13.1. The number of furan rings is 1. The molecule has 1 heterocycles. The molecule has 0 N–H and O–H groups in total. The molecule has 0 saturated carbocycles. The van der Waals surface area contributed by atoms with Crippen LogP contribution in [0.4, 0.5) is 0 Å². The molecule has 92 valence electrons. The Balaban J connectivity index is 2.36. The molecule has 3 heteroatoms. The zero-order valence-electron chi connectivity index (χ0n) is 10.6. The molecule has 0 unspecified atom stereocenters. The van der Waals surface area contributed by atoms with Crippen LogP contribution in [0.5, 0.6) is 0 Å². The van der Waals surface area contributed by atoms with Crippen molar-refractivity contribution in [3.63, 3.8) is 0 Å². The van der Waals surface area contributed by atoms with Gasteiger partial charge in [0.25, 0.3) is 5.91 Å². The fourth-order valence-electron chi connectivity index (χ4n) is 1.86.